The smallest absolute Gasteiger partial charge is 0.128 e. The van der Waals surface area contributed by atoms with E-state index in [9.17, 15) is 10.2 Å². The van der Waals surface area contributed by atoms with Gasteiger partial charge in [0.15, 0.2) is 0 Å². The fourth-order valence-corrected chi connectivity index (χ4v) is 5.26. The highest BCUT2D eigenvalue weighted by molar-refractivity contribution is 5.94. The van der Waals surface area contributed by atoms with Crippen LogP contribution in [-0.2, 0) is 21.7 Å². The fraction of sp³-hybridized carbons (Fsp3) is 0.450. The molecule has 0 aliphatic heterocycles. The average molecular weight is 621 g/mol. The van der Waals surface area contributed by atoms with Gasteiger partial charge in [-0.05, 0) is 70.9 Å². The number of aryl methyl sites for hydroxylation is 2. The molecule has 0 saturated heterocycles. The predicted molar refractivity (Wildman–Crippen MR) is 195 cm³/mol. The number of hydrogen-bond donors (Lipinski definition) is 2. The molecule has 0 atom stereocenters. The first kappa shape index (κ1) is 34.8. The molecule has 244 valence electrons. The first-order valence-corrected chi connectivity index (χ1v) is 16.1. The Labute approximate surface area is 275 Å². The summed E-state index contributed by atoms with van der Waals surface area (Å²) in [7, 11) is 0. The second-order valence-electron chi connectivity index (χ2n) is 16.7. The fourth-order valence-electron chi connectivity index (χ4n) is 5.26. The molecule has 46 heavy (non-hydrogen) atoms. The average Bonchev–Trinajstić information content (AvgIpc) is 2.90. The van der Waals surface area contributed by atoms with E-state index in [1.807, 2.05) is 38.1 Å². The van der Waals surface area contributed by atoms with Crippen molar-refractivity contribution in [3.8, 4) is 11.5 Å². The van der Waals surface area contributed by atoms with E-state index in [2.05, 4.69) is 95.2 Å². The third-order valence-corrected chi connectivity index (χ3v) is 8.48. The van der Waals surface area contributed by atoms with E-state index in [-0.39, 0.29) is 33.2 Å². The number of rotatable bonds is 4. The Bertz CT molecular complexity index is 1720. The van der Waals surface area contributed by atoms with Gasteiger partial charge in [0.1, 0.15) is 11.5 Å². The molecule has 6 heteroatoms. The molecule has 0 fully saturated rings. The van der Waals surface area contributed by atoms with Crippen molar-refractivity contribution in [1.29, 1.82) is 0 Å². The molecule has 0 spiro atoms. The highest BCUT2D eigenvalue weighted by Crippen LogP contribution is 2.40. The lowest BCUT2D eigenvalue weighted by Gasteiger charge is -2.27. The minimum absolute atomic E-state index is 0.116. The van der Waals surface area contributed by atoms with E-state index in [1.165, 1.54) is 0 Å². The molecule has 3 aromatic carbocycles. The Morgan fingerprint density at radius 3 is 1.11 bits per heavy atom. The summed E-state index contributed by atoms with van der Waals surface area (Å²) in [6.45, 7) is 29.5. The molecule has 2 N–H and O–H groups in total. The predicted octanol–water partition coefficient (Wildman–Crippen LogP) is 10.3. The van der Waals surface area contributed by atoms with Crippen molar-refractivity contribution < 1.29 is 10.2 Å². The number of fused-ring (bicyclic) bond motifs is 1. The molecule has 1 heterocycles. The number of aromatic nitrogens is 2. The van der Waals surface area contributed by atoms with Crippen molar-refractivity contribution in [3.63, 3.8) is 0 Å². The van der Waals surface area contributed by atoms with Crippen LogP contribution in [0.15, 0.2) is 46.4 Å². The Balaban J connectivity index is 1.95. The zero-order valence-corrected chi connectivity index (χ0v) is 30.3. The lowest BCUT2D eigenvalue weighted by Crippen LogP contribution is -2.17. The first-order chi connectivity index (χ1) is 21.0. The summed E-state index contributed by atoms with van der Waals surface area (Å²) in [6, 6.07) is 12.0. The molecule has 0 unspecified atom stereocenters. The minimum Gasteiger partial charge on any atom is -0.507 e. The maximum atomic E-state index is 11.4. The van der Waals surface area contributed by atoms with Crippen LogP contribution in [0.3, 0.4) is 0 Å². The molecule has 0 amide bonds. The van der Waals surface area contributed by atoms with Gasteiger partial charge in [0, 0.05) is 34.7 Å². The summed E-state index contributed by atoms with van der Waals surface area (Å²) in [5, 5.41) is 22.8. The number of phenolic OH excluding ortho intramolecular Hbond substituents is 2. The highest BCUT2D eigenvalue weighted by Gasteiger charge is 2.26. The van der Waals surface area contributed by atoms with Crippen molar-refractivity contribution in [3.05, 3.63) is 81.2 Å². The molecule has 6 nitrogen and oxygen atoms in total. The molecule has 0 bridgehead atoms. The van der Waals surface area contributed by atoms with Crippen LogP contribution in [0.5, 0.6) is 11.5 Å². The van der Waals surface area contributed by atoms with E-state index in [4.69, 9.17) is 20.0 Å². The number of hydrogen-bond acceptors (Lipinski definition) is 6. The summed E-state index contributed by atoms with van der Waals surface area (Å²) in [4.78, 5) is 19.4. The standard InChI is InChI=1S/C40H52N4O2/c1-23-24(2)44-34-20-32(42-22-26-16-28(38(6,7)8)18-30(36(26)46)40(12,13)14)31(19-33(34)43-23)41-21-25-15-27(37(3,4)5)17-29(35(25)45)39(9,10)11/h15-22,45-46H,1-14H3. The van der Waals surface area contributed by atoms with E-state index in [1.54, 1.807) is 12.4 Å². The summed E-state index contributed by atoms with van der Waals surface area (Å²) >= 11 is 0. The molecule has 0 radical (unpaired) electrons. The molecular weight excluding hydrogens is 568 g/mol. The first-order valence-electron chi connectivity index (χ1n) is 16.1. The molecule has 0 saturated carbocycles. The Kier molecular flexibility index (Phi) is 9.04. The van der Waals surface area contributed by atoms with Crippen LogP contribution >= 0.6 is 0 Å². The highest BCUT2D eigenvalue weighted by atomic mass is 16.3. The second kappa shape index (κ2) is 11.9. The van der Waals surface area contributed by atoms with E-state index >= 15 is 0 Å². The molecule has 4 rings (SSSR count). The van der Waals surface area contributed by atoms with Crippen LogP contribution < -0.4 is 0 Å². The molecule has 1 aromatic heterocycles. The molecule has 0 aliphatic carbocycles. The Morgan fingerprint density at radius 1 is 0.500 bits per heavy atom. The van der Waals surface area contributed by atoms with Crippen LogP contribution in [0.4, 0.5) is 11.4 Å². The summed E-state index contributed by atoms with van der Waals surface area (Å²) in [6.07, 6.45) is 3.42. The van der Waals surface area contributed by atoms with E-state index in [0.29, 0.717) is 33.5 Å². The lowest BCUT2D eigenvalue weighted by atomic mass is 9.79. The third-order valence-electron chi connectivity index (χ3n) is 8.48. The lowest BCUT2D eigenvalue weighted by molar-refractivity contribution is 0.443. The van der Waals surface area contributed by atoms with Gasteiger partial charge in [0.2, 0.25) is 0 Å². The number of aromatic hydroxyl groups is 2. The second-order valence-corrected chi connectivity index (χ2v) is 16.7. The summed E-state index contributed by atoms with van der Waals surface area (Å²) < 4.78 is 0. The number of benzene rings is 3. The van der Waals surface area contributed by atoms with Crippen molar-refractivity contribution in [1.82, 2.24) is 9.97 Å². The number of aliphatic imine (C=N–C) groups is 2. The molecular formula is C40H52N4O2. The topological polar surface area (TPSA) is 91.0 Å². The summed E-state index contributed by atoms with van der Waals surface area (Å²) in [5.74, 6) is 0.444. The Morgan fingerprint density at radius 2 is 0.826 bits per heavy atom. The Hall–Kier alpha value is -4.06. The van der Waals surface area contributed by atoms with Gasteiger partial charge < -0.3 is 10.2 Å². The van der Waals surface area contributed by atoms with Crippen molar-refractivity contribution in [2.75, 3.05) is 0 Å². The van der Waals surface area contributed by atoms with Crippen LogP contribution in [-0.4, -0.2) is 32.6 Å². The van der Waals surface area contributed by atoms with E-state index in [0.717, 1.165) is 33.6 Å². The zero-order valence-electron chi connectivity index (χ0n) is 30.3. The maximum Gasteiger partial charge on any atom is 0.128 e. The van der Waals surface area contributed by atoms with Gasteiger partial charge in [0.05, 0.1) is 33.8 Å². The monoisotopic (exact) mass is 620 g/mol. The molecule has 0 aliphatic rings. The quantitative estimate of drug-likeness (QED) is 0.222. The summed E-state index contributed by atoms with van der Waals surface area (Å²) in [5.41, 5.74) is 8.82. The van der Waals surface area contributed by atoms with Crippen LogP contribution in [0.2, 0.25) is 0 Å². The van der Waals surface area contributed by atoms with Crippen molar-refractivity contribution in [2.24, 2.45) is 9.98 Å². The van der Waals surface area contributed by atoms with Crippen LogP contribution in [0, 0.1) is 13.8 Å². The SMILES string of the molecule is Cc1nc2cc(N=Cc3cc(C(C)(C)C)cc(C(C)(C)C)c3O)c(N=Cc3cc(C(C)(C)C)cc(C(C)(C)C)c3O)cc2nc1C. The maximum absolute atomic E-state index is 11.4. The van der Waals surface area contributed by atoms with Gasteiger partial charge in [-0.3, -0.25) is 9.98 Å². The zero-order chi connectivity index (χ0) is 34.6. The van der Waals surface area contributed by atoms with Gasteiger partial charge in [-0.15, -0.1) is 0 Å². The van der Waals surface area contributed by atoms with Crippen molar-refractivity contribution >= 4 is 34.8 Å². The third kappa shape index (κ3) is 7.49. The number of nitrogens with zero attached hydrogens (tertiary/aromatic N) is 4. The van der Waals surface area contributed by atoms with E-state index < -0.39 is 0 Å². The van der Waals surface area contributed by atoms with Crippen molar-refractivity contribution in [2.45, 2.75) is 119 Å². The number of phenols is 2. The minimum atomic E-state index is -0.257. The normalized spacial score (nSPS) is 13.4. The van der Waals surface area contributed by atoms with Crippen LogP contribution in [0.25, 0.3) is 11.0 Å². The molecule has 4 aromatic rings. The van der Waals surface area contributed by atoms with Crippen LogP contribution in [0.1, 0.15) is 128 Å². The van der Waals surface area contributed by atoms with Gasteiger partial charge in [-0.25, -0.2) is 9.97 Å². The largest absolute Gasteiger partial charge is 0.507 e. The van der Waals surface area contributed by atoms with Gasteiger partial charge in [-0.2, -0.15) is 0 Å². The van der Waals surface area contributed by atoms with Gasteiger partial charge >= 0.3 is 0 Å². The van der Waals surface area contributed by atoms with Gasteiger partial charge in [0.25, 0.3) is 0 Å². The van der Waals surface area contributed by atoms with Gasteiger partial charge in [-0.1, -0.05) is 95.2 Å².